The molecule has 5 rings (SSSR count). The third kappa shape index (κ3) is 2.95. The van der Waals surface area contributed by atoms with Crippen molar-refractivity contribution in [3.63, 3.8) is 0 Å². The summed E-state index contributed by atoms with van der Waals surface area (Å²) in [7, 11) is 0. The molecule has 1 N–H and O–H groups in total. The molecule has 4 aromatic rings. The van der Waals surface area contributed by atoms with Crippen LogP contribution in [0.25, 0.3) is 26.4 Å². The number of hydrogen-bond donors (Lipinski definition) is 1. The summed E-state index contributed by atoms with van der Waals surface area (Å²) in [6.07, 6.45) is 0. The fraction of sp³-hybridized carbons (Fsp3) is 0.250. The Kier molecular flexibility index (Phi) is 4.31. The standard InChI is InChI=1S/C20H19N5O2S/c26-25(27)15-7-5-14(6-8-15)19-17(13-23-11-9-21-10-12-23)24-16-3-1-2-4-18(16)28-20(24)22-19/h1-8,21H,9-13H2. The van der Waals surface area contributed by atoms with E-state index in [1.165, 1.54) is 4.70 Å². The van der Waals surface area contributed by atoms with E-state index in [9.17, 15) is 10.1 Å². The van der Waals surface area contributed by atoms with Gasteiger partial charge >= 0.3 is 0 Å². The normalized spacial score (nSPS) is 15.4. The van der Waals surface area contributed by atoms with E-state index < -0.39 is 0 Å². The van der Waals surface area contributed by atoms with Gasteiger partial charge in [0.15, 0.2) is 4.96 Å². The van der Waals surface area contributed by atoms with Crippen molar-refractivity contribution in [3.05, 3.63) is 64.3 Å². The van der Waals surface area contributed by atoms with Crippen molar-refractivity contribution in [2.75, 3.05) is 26.2 Å². The molecule has 0 saturated carbocycles. The molecule has 0 bridgehead atoms. The lowest BCUT2D eigenvalue weighted by Gasteiger charge is -2.27. The van der Waals surface area contributed by atoms with Crippen molar-refractivity contribution in [3.8, 4) is 11.3 Å². The number of aromatic nitrogens is 2. The lowest BCUT2D eigenvalue weighted by Crippen LogP contribution is -2.43. The third-order valence-corrected chi connectivity index (χ3v) is 6.21. The molecule has 0 amide bonds. The predicted octanol–water partition coefficient (Wildman–Crippen LogP) is 3.53. The van der Waals surface area contributed by atoms with Gasteiger partial charge < -0.3 is 5.32 Å². The summed E-state index contributed by atoms with van der Waals surface area (Å²) in [4.78, 5) is 18.9. The summed E-state index contributed by atoms with van der Waals surface area (Å²) in [6, 6.07) is 15.0. The zero-order valence-corrected chi connectivity index (χ0v) is 16.0. The molecule has 0 aliphatic carbocycles. The molecule has 8 heteroatoms. The van der Waals surface area contributed by atoms with Gasteiger partial charge in [-0.2, -0.15) is 0 Å². The van der Waals surface area contributed by atoms with E-state index in [1.807, 2.05) is 6.07 Å². The number of para-hydroxylation sites is 1. The fourth-order valence-corrected chi connectivity index (χ4v) is 4.82. The number of nitrogens with one attached hydrogen (secondary N) is 1. The van der Waals surface area contributed by atoms with E-state index in [-0.39, 0.29) is 10.6 Å². The van der Waals surface area contributed by atoms with Crippen LogP contribution in [-0.2, 0) is 6.54 Å². The number of hydrogen-bond acceptors (Lipinski definition) is 6. The van der Waals surface area contributed by atoms with Crippen LogP contribution in [-0.4, -0.2) is 45.4 Å². The van der Waals surface area contributed by atoms with Crippen molar-refractivity contribution in [1.29, 1.82) is 0 Å². The number of non-ortho nitro benzene ring substituents is 1. The summed E-state index contributed by atoms with van der Waals surface area (Å²) in [5, 5.41) is 14.4. The van der Waals surface area contributed by atoms with Crippen LogP contribution >= 0.6 is 11.3 Å². The Morgan fingerprint density at radius 2 is 1.86 bits per heavy atom. The zero-order valence-electron chi connectivity index (χ0n) is 15.2. The van der Waals surface area contributed by atoms with Crippen LogP contribution in [0.3, 0.4) is 0 Å². The van der Waals surface area contributed by atoms with Crippen LogP contribution in [0.5, 0.6) is 0 Å². The second kappa shape index (κ2) is 6.97. The number of nitro groups is 1. The molecule has 7 nitrogen and oxygen atoms in total. The van der Waals surface area contributed by atoms with Crippen LogP contribution < -0.4 is 5.32 Å². The molecule has 2 aromatic heterocycles. The van der Waals surface area contributed by atoms with Crippen LogP contribution in [0, 0.1) is 10.1 Å². The lowest BCUT2D eigenvalue weighted by molar-refractivity contribution is -0.384. The van der Waals surface area contributed by atoms with E-state index in [0.717, 1.165) is 60.2 Å². The molecule has 142 valence electrons. The van der Waals surface area contributed by atoms with E-state index >= 15 is 0 Å². The van der Waals surface area contributed by atoms with Crippen molar-refractivity contribution in [1.82, 2.24) is 19.6 Å². The first kappa shape index (κ1) is 17.3. The minimum atomic E-state index is -0.370. The molecule has 1 fully saturated rings. The minimum Gasteiger partial charge on any atom is -0.314 e. The maximum absolute atomic E-state index is 11.0. The topological polar surface area (TPSA) is 75.7 Å². The summed E-state index contributed by atoms with van der Waals surface area (Å²) in [6.45, 7) is 4.76. The maximum atomic E-state index is 11.0. The van der Waals surface area contributed by atoms with Crippen molar-refractivity contribution in [2.24, 2.45) is 0 Å². The predicted molar refractivity (Wildman–Crippen MR) is 111 cm³/mol. The molecule has 1 aliphatic heterocycles. The first-order chi connectivity index (χ1) is 13.7. The van der Waals surface area contributed by atoms with Gasteiger partial charge in [-0.1, -0.05) is 23.5 Å². The van der Waals surface area contributed by atoms with E-state index in [4.69, 9.17) is 4.98 Å². The average molecular weight is 393 g/mol. The van der Waals surface area contributed by atoms with Crippen molar-refractivity contribution >= 4 is 32.2 Å². The Balaban J connectivity index is 1.66. The highest BCUT2D eigenvalue weighted by Gasteiger charge is 2.21. The summed E-state index contributed by atoms with van der Waals surface area (Å²) < 4.78 is 3.46. The number of benzene rings is 2. The zero-order chi connectivity index (χ0) is 19.1. The number of piperazine rings is 1. The largest absolute Gasteiger partial charge is 0.314 e. The van der Waals surface area contributed by atoms with Crippen LogP contribution in [0.1, 0.15) is 5.69 Å². The fourth-order valence-electron chi connectivity index (χ4n) is 3.77. The molecule has 0 atom stereocenters. The maximum Gasteiger partial charge on any atom is 0.269 e. The Bertz CT molecular complexity index is 1160. The van der Waals surface area contributed by atoms with E-state index in [0.29, 0.717) is 0 Å². The van der Waals surface area contributed by atoms with Gasteiger partial charge in [0.25, 0.3) is 5.69 Å². The van der Waals surface area contributed by atoms with Gasteiger partial charge in [0, 0.05) is 50.4 Å². The van der Waals surface area contributed by atoms with E-state index in [2.05, 4.69) is 32.8 Å². The molecular weight excluding hydrogens is 374 g/mol. The molecule has 1 saturated heterocycles. The van der Waals surface area contributed by atoms with Crippen molar-refractivity contribution in [2.45, 2.75) is 6.54 Å². The lowest BCUT2D eigenvalue weighted by atomic mass is 10.1. The van der Waals surface area contributed by atoms with Crippen LogP contribution in [0.4, 0.5) is 5.69 Å². The van der Waals surface area contributed by atoms with Gasteiger partial charge in [0.05, 0.1) is 26.5 Å². The summed E-state index contributed by atoms with van der Waals surface area (Å²) >= 11 is 1.67. The number of thiazole rings is 1. The van der Waals surface area contributed by atoms with Gasteiger partial charge in [-0.3, -0.25) is 19.4 Å². The highest BCUT2D eigenvalue weighted by Crippen LogP contribution is 2.34. The first-order valence-corrected chi connectivity index (χ1v) is 10.1. The van der Waals surface area contributed by atoms with Gasteiger partial charge in [-0.15, -0.1) is 0 Å². The molecule has 0 spiro atoms. The smallest absolute Gasteiger partial charge is 0.269 e. The summed E-state index contributed by atoms with van der Waals surface area (Å²) in [5.41, 5.74) is 4.22. The number of rotatable bonds is 4. The highest BCUT2D eigenvalue weighted by molar-refractivity contribution is 7.23. The average Bonchev–Trinajstić information content (AvgIpc) is 3.25. The van der Waals surface area contributed by atoms with Gasteiger partial charge in [-0.25, -0.2) is 4.98 Å². The quantitative estimate of drug-likeness (QED) is 0.424. The van der Waals surface area contributed by atoms with Gasteiger partial charge in [-0.05, 0) is 24.3 Å². The van der Waals surface area contributed by atoms with E-state index in [1.54, 1.807) is 35.6 Å². The highest BCUT2D eigenvalue weighted by atomic mass is 32.1. The van der Waals surface area contributed by atoms with Gasteiger partial charge in [0.2, 0.25) is 0 Å². The summed E-state index contributed by atoms with van der Waals surface area (Å²) in [5.74, 6) is 0. The van der Waals surface area contributed by atoms with Gasteiger partial charge in [0.1, 0.15) is 0 Å². The molecule has 3 heterocycles. The second-order valence-electron chi connectivity index (χ2n) is 6.93. The Morgan fingerprint density at radius 1 is 1.11 bits per heavy atom. The number of nitro benzene ring substituents is 1. The molecule has 1 aliphatic rings. The SMILES string of the molecule is O=[N+]([O-])c1ccc(-c2nc3sc4ccccc4n3c2CN2CCNCC2)cc1. The number of imidazole rings is 1. The molecule has 0 radical (unpaired) electrons. The number of nitrogens with zero attached hydrogens (tertiary/aromatic N) is 4. The van der Waals surface area contributed by atoms with Crippen LogP contribution in [0.15, 0.2) is 48.5 Å². The molecule has 28 heavy (non-hydrogen) atoms. The Labute approximate surface area is 165 Å². The Morgan fingerprint density at radius 3 is 2.61 bits per heavy atom. The molecular formula is C20H19N5O2S. The monoisotopic (exact) mass is 393 g/mol. The van der Waals surface area contributed by atoms with Crippen molar-refractivity contribution < 1.29 is 4.92 Å². The first-order valence-electron chi connectivity index (χ1n) is 9.27. The Hall–Kier alpha value is -2.81. The number of fused-ring (bicyclic) bond motifs is 3. The minimum absolute atomic E-state index is 0.0962. The second-order valence-corrected chi connectivity index (χ2v) is 7.93. The third-order valence-electron chi connectivity index (χ3n) is 5.18. The molecule has 2 aromatic carbocycles. The van der Waals surface area contributed by atoms with Crippen LogP contribution in [0.2, 0.25) is 0 Å². The molecule has 0 unspecified atom stereocenters.